The number of Topliss-reactive ketones (excluding diaryl/α,β-unsaturated/α-hetero) is 1. The monoisotopic (exact) mass is 985 g/mol. The number of aromatic nitrogens is 2. The molecule has 0 aliphatic rings. The van der Waals surface area contributed by atoms with E-state index in [1.807, 2.05) is 19.7 Å². The number of rotatable bonds is 14. The zero-order chi connectivity index (χ0) is 48.1. The molecule has 4 aromatic carbocycles. The molecule has 0 aliphatic carbocycles. The van der Waals surface area contributed by atoms with Crippen LogP contribution in [0.25, 0.3) is 21.1 Å². The largest absolute Gasteiger partial charge is 0.420 e. The molecule has 0 radical (unpaired) electrons. The number of halogens is 2. The summed E-state index contributed by atoms with van der Waals surface area (Å²) in [4.78, 5) is 32.0. The van der Waals surface area contributed by atoms with Crippen LogP contribution >= 0.6 is 30.6 Å². The van der Waals surface area contributed by atoms with Gasteiger partial charge in [-0.05, 0) is 113 Å². The van der Waals surface area contributed by atoms with Gasteiger partial charge in [0.2, 0.25) is 29.1 Å². The third kappa shape index (κ3) is 14.5. The molecule has 0 bridgehead atoms. The normalized spacial score (nSPS) is 13.1. The first kappa shape index (κ1) is 53.4. The predicted octanol–water partition coefficient (Wildman–Crippen LogP) is 8.53. The summed E-state index contributed by atoms with van der Waals surface area (Å²) in [6.45, 7) is 22.6. The van der Waals surface area contributed by atoms with Crippen molar-refractivity contribution in [2.75, 3.05) is 25.7 Å². The lowest BCUT2D eigenvalue weighted by Crippen LogP contribution is -2.40. The number of hydrogen-bond acceptors (Lipinski definition) is 12. The molecule has 64 heavy (non-hydrogen) atoms. The number of nitrogens with one attached hydrogen (secondary N) is 1. The van der Waals surface area contributed by atoms with Crippen LogP contribution in [0, 0.1) is 32.9 Å². The van der Waals surface area contributed by atoms with E-state index in [9.17, 15) is 36.6 Å². The summed E-state index contributed by atoms with van der Waals surface area (Å²) < 4.78 is 52.0. The Hall–Kier alpha value is -4.94. The molecular weight excluding hydrogens is 941 g/mol. The van der Waals surface area contributed by atoms with Gasteiger partial charge in [0, 0.05) is 23.6 Å². The number of hydrogen-bond donors (Lipinski definition) is 3. The molecule has 3 N–H and O–H groups in total. The van der Waals surface area contributed by atoms with Crippen molar-refractivity contribution < 1.29 is 41.1 Å². The standard InChI is InChI=1S/C22H23ClN2O5S.C21H20ClN3O4S.CH3PS/c1-13-16(7-10-19(24-3)21(13)23)11-18(14(2)26)22(28)25-12-20(27)15-5-8-17(9-6-15)31(4,29)30;1-12-15(7-10-18(23-3)19(12)22)11-17(13(2)26)21-25-24-20(29-21)14-5-8-16(9-6-14)30(4,27)28;1-2-3/h5-10,14,18,26H,11-12H2,1-2,4H3,(H,25,28);5-10,13,17,26H,11H2,1-2,4H3;1H3/t14-,18+;13-,17+;/m00./s1. The number of sulfone groups is 2. The summed E-state index contributed by atoms with van der Waals surface area (Å²) in [6.07, 6.45) is 1.04. The van der Waals surface area contributed by atoms with Crippen LogP contribution in [0.4, 0.5) is 11.4 Å². The minimum atomic E-state index is -3.37. The molecular formula is C44H46Cl2N5O9PS3. The fraction of sp³-hybridized carbons (Fsp3) is 0.318. The molecule has 0 aliphatic heterocycles. The Morgan fingerprint density at radius 3 is 1.66 bits per heavy atom. The molecule has 20 heteroatoms. The zero-order valence-electron chi connectivity index (χ0n) is 35.8. The third-order valence-electron chi connectivity index (χ3n) is 9.89. The van der Waals surface area contributed by atoms with Gasteiger partial charge in [-0.3, -0.25) is 9.59 Å². The summed E-state index contributed by atoms with van der Waals surface area (Å²) in [5.74, 6) is -1.70. The van der Waals surface area contributed by atoms with Gasteiger partial charge in [-0.25, -0.2) is 26.5 Å². The number of carbonyl (C=O) groups is 2. The van der Waals surface area contributed by atoms with Crippen molar-refractivity contribution in [3.8, 4) is 11.5 Å². The van der Waals surface area contributed by atoms with E-state index in [-0.39, 0.29) is 40.1 Å². The van der Waals surface area contributed by atoms with Gasteiger partial charge >= 0.3 is 0 Å². The SMILES string of the molecule is CP=S.[C-]#[N+]c1ccc(C[C@@H](C(=O)NCC(=O)c2ccc(S(C)(=O)=O)cc2)[C@H](C)O)c(C)c1Cl.[C-]#[N+]c1ccc(C[C@@H](c2nnc(-c3ccc(S(C)(=O)=O)cc3)o2)[C@H](C)O)c(C)c1Cl. The van der Waals surface area contributed by atoms with Crippen LogP contribution in [0.5, 0.6) is 0 Å². The molecule has 4 atom stereocenters. The number of carbonyl (C=O) groups excluding carboxylic acids is 2. The van der Waals surface area contributed by atoms with Crippen LogP contribution in [0.15, 0.2) is 87.0 Å². The van der Waals surface area contributed by atoms with Gasteiger partial charge in [0.15, 0.2) is 25.5 Å². The Balaban J connectivity index is 0.000000321. The van der Waals surface area contributed by atoms with E-state index in [4.69, 9.17) is 40.8 Å². The molecule has 0 saturated carbocycles. The van der Waals surface area contributed by atoms with E-state index < -0.39 is 55.4 Å². The number of ketones is 1. The number of benzene rings is 4. The minimum Gasteiger partial charge on any atom is -0.420 e. The predicted molar refractivity (Wildman–Crippen MR) is 252 cm³/mol. The lowest BCUT2D eigenvalue weighted by molar-refractivity contribution is -0.127. The van der Waals surface area contributed by atoms with E-state index in [1.165, 1.54) is 43.3 Å². The van der Waals surface area contributed by atoms with Gasteiger partial charge in [-0.1, -0.05) is 71.4 Å². The van der Waals surface area contributed by atoms with E-state index in [0.717, 1.165) is 36.6 Å². The van der Waals surface area contributed by atoms with Crippen LogP contribution in [0.3, 0.4) is 0 Å². The summed E-state index contributed by atoms with van der Waals surface area (Å²) in [5.41, 5.74) is 4.56. The molecule has 5 rings (SSSR count). The number of aliphatic hydroxyl groups is 2. The summed E-state index contributed by atoms with van der Waals surface area (Å²) >= 11 is 16.8. The number of aliphatic hydroxyl groups excluding tert-OH is 2. The van der Waals surface area contributed by atoms with Crippen LogP contribution < -0.4 is 5.32 Å². The second-order valence-corrected chi connectivity index (χ2v) is 20.8. The molecule has 1 heterocycles. The minimum absolute atomic E-state index is 0.0977. The van der Waals surface area contributed by atoms with Crippen LogP contribution in [-0.4, -0.2) is 86.9 Å². The van der Waals surface area contributed by atoms with Gasteiger partial charge < -0.3 is 19.9 Å². The van der Waals surface area contributed by atoms with Crippen molar-refractivity contribution in [3.05, 3.63) is 139 Å². The smallest absolute Gasteiger partial charge is 0.247 e. The summed E-state index contributed by atoms with van der Waals surface area (Å²) in [5, 5.41) is 31.8. The van der Waals surface area contributed by atoms with Gasteiger partial charge in [0.05, 0.1) is 63.6 Å². The second-order valence-electron chi connectivity index (χ2n) is 14.6. The Bertz CT molecular complexity index is 2790. The summed E-state index contributed by atoms with van der Waals surface area (Å²) in [6, 6.07) is 18.3. The van der Waals surface area contributed by atoms with Crippen LogP contribution in [0.2, 0.25) is 10.0 Å². The first-order chi connectivity index (χ1) is 30.0. The molecule has 5 aromatic rings. The average Bonchev–Trinajstić information content (AvgIpc) is 3.73. The van der Waals surface area contributed by atoms with Gasteiger partial charge in [-0.2, -0.15) is 0 Å². The fourth-order valence-electron chi connectivity index (χ4n) is 6.09. The highest BCUT2D eigenvalue weighted by molar-refractivity contribution is 7.96. The average molecular weight is 987 g/mol. The summed E-state index contributed by atoms with van der Waals surface area (Å²) in [7, 11) is -5.66. The Morgan fingerprint density at radius 2 is 1.23 bits per heavy atom. The first-order valence-electron chi connectivity index (χ1n) is 19.1. The van der Waals surface area contributed by atoms with Crippen molar-refractivity contribution >= 4 is 85.1 Å². The molecule has 14 nitrogen and oxygen atoms in total. The highest BCUT2D eigenvalue weighted by Gasteiger charge is 2.27. The molecule has 338 valence electrons. The Labute approximate surface area is 390 Å². The van der Waals surface area contributed by atoms with Gasteiger partial charge in [0.25, 0.3) is 0 Å². The van der Waals surface area contributed by atoms with Crippen molar-refractivity contribution in [2.45, 2.75) is 68.5 Å². The van der Waals surface area contributed by atoms with Crippen molar-refractivity contribution in [3.63, 3.8) is 0 Å². The Kier molecular flexibility index (Phi) is 19.9. The quantitative estimate of drug-likeness (QED) is 0.0545. The maximum Gasteiger partial charge on any atom is 0.247 e. The molecule has 0 fully saturated rings. The van der Waals surface area contributed by atoms with E-state index in [0.29, 0.717) is 39.0 Å². The highest BCUT2D eigenvalue weighted by atomic mass is 35.5. The first-order valence-corrected chi connectivity index (χ1v) is 26.0. The molecule has 1 amide bonds. The molecule has 0 unspecified atom stereocenters. The maximum atomic E-state index is 12.6. The second kappa shape index (κ2) is 23.8. The highest BCUT2D eigenvalue weighted by Crippen LogP contribution is 2.35. The van der Waals surface area contributed by atoms with E-state index >= 15 is 0 Å². The number of amides is 1. The van der Waals surface area contributed by atoms with Crippen molar-refractivity contribution in [1.29, 1.82) is 0 Å². The lowest BCUT2D eigenvalue weighted by atomic mass is 9.91. The topological polar surface area (TPSA) is 203 Å². The molecule has 1 aromatic heterocycles. The lowest BCUT2D eigenvalue weighted by Gasteiger charge is -2.21. The Morgan fingerprint density at radius 1 is 0.781 bits per heavy atom. The fourth-order valence-corrected chi connectivity index (χ4v) is 7.81. The van der Waals surface area contributed by atoms with E-state index in [2.05, 4.69) is 37.0 Å². The molecule has 0 spiro atoms. The third-order valence-corrected chi connectivity index (χ3v) is 13.1. The number of nitrogens with zero attached hydrogens (tertiary/aromatic N) is 4. The molecule has 0 saturated heterocycles. The van der Waals surface area contributed by atoms with Gasteiger partial charge in [0.1, 0.15) is 0 Å². The zero-order valence-corrected chi connectivity index (χ0v) is 40.7. The van der Waals surface area contributed by atoms with E-state index in [1.54, 1.807) is 44.2 Å². The van der Waals surface area contributed by atoms with Crippen molar-refractivity contribution in [2.24, 2.45) is 5.92 Å². The van der Waals surface area contributed by atoms with Crippen molar-refractivity contribution in [1.82, 2.24) is 15.5 Å². The van der Waals surface area contributed by atoms with Crippen LogP contribution in [-0.2, 0) is 49.1 Å². The van der Waals surface area contributed by atoms with Gasteiger partial charge in [-0.15, -0.1) is 10.2 Å². The van der Waals surface area contributed by atoms with Crippen LogP contribution in [0.1, 0.15) is 58.3 Å². The maximum absolute atomic E-state index is 12.6.